The maximum Gasteiger partial charge on any atom is 0.154 e. The molecule has 0 rings (SSSR count). The zero-order chi connectivity index (χ0) is 9.61. The highest BCUT2D eigenvalue weighted by molar-refractivity contribution is 7.92. The first-order chi connectivity index (χ1) is 5.54. The number of rotatable bonds is 6. The third-order valence-corrected chi connectivity index (χ3v) is 4.15. The van der Waals surface area contributed by atoms with Crippen LogP contribution in [-0.4, -0.2) is 32.5 Å². The van der Waals surface area contributed by atoms with Crippen molar-refractivity contribution in [1.29, 1.82) is 0 Å². The molecule has 1 atom stereocenters. The Labute approximate surface area is 75.5 Å². The highest BCUT2D eigenvalue weighted by atomic mass is 32.2. The molecule has 3 nitrogen and oxygen atoms in total. The van der Waals surface area contributed by atoms with Gasteiger partial charge in [-0.1, -0.05) is 13.8 Å². The lowest BCUT2D eigenvalue weighted by molar-refractivity contribution is 0.573. The third kappa shape index (κ3) is 4.07. The van der Waals surface area contributed by atoms with Crippen LogP contribution in [0, 0.1) is 0 Å². The summed E-state index contributed by atoms with van der Waals surface area (Å²) in [5, 5.41) is 2.78. The maximum atomic E-state index is 11.4. The van der Waals surface area contributed by atoms with E-state index >= 15 is 0 Å². The van der Waals surface area contributed by atoms with Crippen molar-refractivity contribution < 1.29 is 8.42 Å². The normalized spacial score (nSPS) is 14.6. The van der Waals surface area contributed by atoms with Crippen LogP contribution in [0.4, 0.5) is 0 Å². The van der Waals surface area contributed by atoms with E-state index in [0.717, 1.165) is 6.54 Å². The molecule has 0 bridgehead atoms. The van der Waals surface area contributed by atoms with Crippen molar-refractivity contribution in [2.24, 2.45) is 0 Å². The van der Waals surface area contributed by atoms with Crippen molar-refractivity contribution in [1.82, 2.24) is 5.32 Å². The molecule has 4 heteroatoms. The van der Waals surface area contributed by atoms with Gasteiger partial charge in [0.25, 0.3) is 0 Å². The number of hydrogen-bond acceptors (Lipinski definition) is 3. The van der Waals surface area contributed by atoms with E-state index < -0.39 is 9.84 Å². The molecule has 0 aromatic heterocycles. The summed E-state index contributed by atoms with van der Waals surface area (Å²) in [6.07, 6.45) is 0.707. The van der Waals surface area contributed by atoms with Crippen LogP contribution >= 0.6 is 0 Å². The minimum atomic E-state index is -2.85. The van der Waals surface area contributed by atoms with Gasteiger partial charge in [0.1, 0.15) is 0 Å². The van der Waals surface area contributed by atoms with Crippen LogP contribution in [0.15, 0.2) is 0 Å². The number of hydrogen-bond donors (Lipinski definition) is 1. The second-order valence-corrected chi connectivity index (χ2v) is 5.52. The zero-order valence-electron chi connectivity index (χ0n) is 8.13. The van der Waals surface area contributed by atoms with Gasteiger partial charge in [-0.3, -0.25) is 0 Å². The molecule has 0 heterocycles. The fourth-order valence-electron chi connectivity index (χ4n) is 0.960. The van der Waals surface area contributed by atoms with Crippen molar-refractivity contribution in [3.8, 4) is 0 Å². The monoisotopic (exact) mass is 193 g/mol. The average molecular weight is 193 g/mol. The minimum absolute atomic E-state index is 0.252. The Kier molecular flexibility index (Phi) is 5.50. The summed E-state index contributed by atoms with van der Waals surface area (Å²) in [7, 11) is -2.85. The van der Waals surface area contributed by atoms with Crippen molar-refractivity contribution in [2.75, 3.05) is 18.8 Å². The van der Waals surface area contributed by atoms with Crippen LogP contribution < -0.4 is 5.32 Å². The molecule has 0 aromatic rings. The molecular weight excluding hydrogens is 174 g/mol. The number of sulfone groups is 1. The predicted molar refractivity (Wildman–Crippen MR) is 52.1 cm³/mol. The van der Waals surface area contributed by atoms with Crippen LogP contribution in [0.25, 0.3) is 0 Å². The lowest BCUT2D eigenvalue weighted by atomic mass is 10.5. The van der Waals surface area contributed by atoms with Crippen molar-refractivity contribution in [3.63, 3.8) is 0 Å². The van der Waals surface area contributed by atoms with E-state index in [-0.39, 0.29) is 5.25 Å². The highest BCUT2D eigenvalue weighted by Crippen LogP contribution is 2.02. The Morgan fingerprint density at radius 2 is 1.92 bits per heavy atom. The van der Waals surface area contributed by atoms with E-state index in [1.807, 2.05) is 13.8 Å². The van der Waals surface area contributed by atoms with E-state index in [9.17, 15) is 8.42 Å². The fourth-order valence-corrected chi connectivity index (χ4v) is 2.30. The number of nitrogens with one attached hydrogen (secondary N) is 1. The molecule has 0 amide bonds. The van der Waals surface area contributed by atoms with Crippen LogP contribution in [0.2, 0.25) is 0 Å². The van der Waals surface area contributed by atoms with Crippen molar-refractivity contribution >= 4 is 9.84 Å². The van der Waals surface area contributed by atoms with Gasteiger partial charge in [0.05, 0.1) is 11.0 Å². The molecule has 0 saturated carbocycles. The molecule has 0 fully saturated rings. The molecule has 74 valence electrons. The largest absolute Gasteiger partial charge is 0.316 e. The Morgan fingerprint density at radius 3 is 2.33 bits per heavy atom. The van der Waals surface area contributed by atoms with Crippen LogP contribution in [0.5, 0.6) is 0 Å². The van der Waals surface area contributed by atoms with E-state index in [1.165, 1.54) is 0 Å². The van der Waals surface area contributed by atoms with E-state index in [0.29, 0.717) is 18.7 Å². The first kappa shape index (κ1) is 11.9. The summed E-state index contributed by atoms with van der Waals surface area (Å²) in [6.45, 7) is 7.01. The SMILES string of the molecule is CCCS(=O)(=O)C(C)CNCC. The maximum absolute atomic E-state index is 11.4. The van der Waals surface area contributed by atoms with Crippen molar-refractivity contribution in [3.05, 3.63) is 0 Å². The molecular formula is C8H19NO2S. The fraction of sp³-hybridized carbons (Fsp3) is 1.00. The zero-order valence-corrected chi connectivity index (χ0v) is 8.95. The Bertz CT molecular complexity index is 199. The van der Waals surface area contributed by atoms with Gasteiger partial charge in [0.15, 0.2) is 9.84 Å². The smallest absolute Gasteiger partial charge is 0.154 e. The predicted octanol–water partition coefficient (Wildman–Crippen LogP) is 0.809. The second-order valence-electron chi connectivity index (χ2n) is 2.99. The molecule has 1 N–H and O–H groups in total. The summed E-state index contributed by atoms with van der Waals surface area (Å²) in [6, 6.07) is 0. The van der Waals surface area contributed by atoms with Gasteiger partial charge in [0, 0.05) is 6.54 Å². The molecule has 0 aliphatic carbocycles. The summed E-state index contributed by atoms with van der Waals surface area (Å²) in [5.74, 6) is 0.305. The minimum Gasteiger partial charge on any atom is -0.316 e. The summed E-state index contributed by atoms with van der Waals surface area (Å²) < 4.78 is 22.8. The quantitative estimate of drug-likeness (QED) is 0.679. The van der Waals surface area contributed by atoms with E-state index in [1.54, 1.807) is 6.92 Å². The first-order valence-electron chi connectivity index (χ1n) is 4.46. The van der Waals surface area contributed by atoms with E-state index in [4.69, 9.17) is 0 Å². The molecule has 0 aliphatic heterocycles. The third-order valence-electron chi connectivity index (χ3n) is 1.78. The topological polar surface area (TPSA) is 46.2 Å². The van der Waals surface area contributed by atoms with Crippen LogP contribution in [0.3, 0.4) is 0 Å². The standard InChI is InChI=1S/C8H19NO2S/c1-4-6-12(10,11)8(3)7-9-5-2/h8-9H,4-7H2,1-3H3. The molecule has 0 spiro atoms. The summed E-state index contributed by atoms with van der Waals surface area (Å²) >= 11 is 0. The van der Waals surface area contributed by atoms with Gasteiger partial charge >= 0.3 is 0 Å². The molecule has 1 unspecified atom stereocenters. The van der Waals surface area contributed by atoms with Gasteiger partial charge < -0.3 is 5.32 Å². The highest BCUT2D eigenvalue weighted by Gasteiger charge is 2.18. The Balaban J connectivity index is 3.98. The average Bonchev–Trinajstić information content (AvgIpc) is 2.00. The lowest BCUT2D eigenvalue weighted by Gasteiger charge is -2.11. The van der Waals surface area contributed by atoms with Crippen LogP contribution in [0.1, 0.15) is 27.2 Å². The van der Waals surface area contributed by atoms with Crippen LogP contribution in [-0.2, 0) is 9.84 Å². The summed E-state index contributed by atoms with van der Waals surface area (Å²) in [4.78, 5) is 0. The van der Waals surface area contributed by atoms with Gasteiger partial charge in [-0.2, -0.15) is 0 Å². The summed E-state index contributed by atoms with van der Waals surface area (Å²) in [5.41, 5.74) is 0. The van der Waals surface area contributed by atoms with Gasteiger partial charge in [-0.05, 0) is 19.9 Å². The molecule has 0 radical (unpaired) electrons. The lowest BCUT2D eigenvalue weighted by Crippen LogP contribution is -2.32. The molecule has 0 aliphatic rings. The van der Waals surface area contributed by atoms with Gasteiger partial charge in [-0.15, -0.1) is 0 Å². The molecule has 12 heavy (non-hydrogen) atoms. The molecule has 0 saturated heterocycles. The van der Waals surface area contributed by atoms with Gasteiger partial charge in [0.2, 0.25) is 0 Å². The Morgan fingerprint density at radius 1 is 1.33 bits per heavy atom. The second kappa shape index (κ2) is 5.54. The first-order valence-corrected chi connectivity index (χ1v) is 6.18. The van der Waals surface area contributed by atoms with E-state index in [2.05, 4.69) is 5.32 Å². The Hall–Kier alpha value is -0.0900. The van der Waals surface area contributed by atoms with Gasteiger partial charge in [-0.25, -0.2) is 8.42 Å². The van der Waals surface area contributed by atoms with Crippen molar-refractivity contribution in [2.45, 2.75) is 32.4 Å². The molecule has 0 aromatic carbocycles.